The lowest BCUT2D eigenvalue weighted by Gasteiger charge is -2.34. The van der Waals surface area contributed by atoms with Crippen LogP contribution in [0.5, 0.6) is 0 Å². The minimum atomic E-state index is -0.0958. The van der Waals surface area contributed by atoms with Crippen LogP contribution in [0.25, 0.3) is 0 Å². The topological polar surface area (TPSA) is 52.9 Å². The molecule has 0 radical (unpaired) electrons. The summed E-state index contributed by atoms with van der Waals surface area (Å²) in [5, 5.41) is 18.2. The van der Waals surface area contributed by atoms with Crippen molar-refractivity contribution in [3.8, 4) is 0 Å². The fourth-order valence-electron chi connectivity index (χ4n) is 2.12. The lowest BCUT2D eigenvalue weighted by Crippen LogP contribution is -2.44. The number of ether oxygens (including phenoxy) is 1. The van der Waals surface area contributed by atoms with E-state index in [-0.39, 0.29) is 19.3 Å². The van der Waals surface area contributed by atoms with Crippen molar-refractivity contribution in [3.05, 3.63) is 29.3 Å². The van der Waals surface area contributed by atoms with Crippen LogP contribution in [0.2, 0.25) is 0 Å². The average molecular weight is 237 g/mol. The van der Waals surface area contributed by atoms with Crippen LogP contribution in [0.4, 0.5) is 5.69 Å². The molecule has 0 aromatic heterocycles. The summed E-state index contributed by atoms with van der Waals surface area (Å²) >= 11 is 0. The number of aryl methyl sites for hydroxylation is 1. The predicted molar refractivity (Wildman–Crippen MR) is 66.1 cm³/mol. The third kappa shape index (κ3) is 2.77. The summed E-state index contributed by atoms with van der Waals surface area (Å²) in [6.07, 6.45) is -0.0958. The van der Waals surface area contributed by atoms with Gasteiger partial charge in [-0.05, 0) is 30.2 Å². The number of aliphatic hydroxyl groups is 2. The van der Waals surface area contributed by atoms with Crippen molar-refractivity contribution >= 4 is 5.69 Å². The molecule has 1 saturated heterocycles. The Balaban J connectivity index is 2.13. The van der Waals surface area contributed by atoms with Gasteiger partial charge in [-0.1, -0.05) is 6.07 Å². The molecule has 1 aliphatic rings. The fraction of sp³-hybridized carbons (Fsp3) is 0.538. The van der Waals surface area contributed by atoms with Gasteiger partial charge in [-0.25, -0.2) is 0 Å². The van der Waals surface area contributed by atoms with Gasteiger partial charge in [0.2, 0.25) is 0 Å². The summed E-state index contributed by atoms with van der Waals surface area (Å²) in [4.78, 5) is 2.21. The first-order valence-electron chi connectivity index (χ1n) is 5.92. The molecule has 0 bridgehead atoms. The maximum Gasteiger partial charge on any atom is 0.0980 e. The molecule has 4 nitrogen and oxygen atoms in total. The van der Waals surface area contributed by atoms with Crippen molar-refractivity contribution in [3.63, 3.8) is 0 Å². The summed E-state index contributed by atoms with van der Waals surface area (Å²) in [6.45, 7) is 4.34. The fourth-order valence-corrected chi connectivity index (χ4v) is 2.12. The number of rotatable bonds is 3. The molecular weight excluding hydrogens is 218 g/mol. The Labute approximate surface area is 101 Å². The molecule has 0 saturated carbocycles. The van der Waals surface area contributed by atoms with Crippen LogP contribution in [0.1, 0.15) is 11.1 Å². The highest BCUT2D eigenvalue weighted by atomic mass is 16.5. The molecule has 1 unspecified atom stereocenters. The molecule has 4 heteroatoms. The lowest BCUT2D eigenvalue weighted by molar-refractivity contribution is 0.00356. The molecule has 1 aromatic rings. The zero-order valence-corrected chi connectivity index (χ0v) is 10.1. The molecule has 1 heterocycles. The predicted octanol–water partition coefficient (Wildman–Crippen LogP) is 0.685. The van der Waals surface area contributed by atoms with Gasteiger partial charge in [0.05, 0.1) is 25.9 Å². The highest BCUT2D eigenvalue weighted by molar-refractivity contribution is 5.51. The van der Waals surface area contributed by atoms with E-state index in [1.165, 1.54) is 0 Å². The standard InChI is InChI=1S/C13H19NO3/c1-10-6-12(3-2-11(10)8-15)14-4-5-17-13(7-14)9-16/h2-3,6,13,15-16H,4-5,7-9H2,1H3. The Hall–Kier alpha value is -1.10. The van der Waals surface area contributed by atoms with E-state index < -0.39 is 0 Å². The van der Waals surface area contributed by atoms with Gasteiger partial charge in [0.15, 0.2) is 0 Å². The van der Waals surface area contributed by atoms with Gasteiger partial charge in [0, 0.05) is 18.8 Å². The Morgan fingerprint density at radius 3 is 2.88 bits per heavy atom. The second kappa shape index (κ2) is 5.49. The van der Waals surface area contributed by atoms with E-state index in [1.54, 1.807) is 0 Å². The van der Waals surface area contributed by atoms with Crippen molar-refractivity contribution < 1.29 is 14.9 Å². The maximum atomic E-state index is 9.13. The van der Waals surface area contributed by atoms with Crippen LogP contribution in [-0.4, -0.2) is 42.6 Å². The number of nitrogens with zero attached hydrogens (tertiary/aromatic N) is 1. The number of aliphatic hydroxyl groups excluding tert-OH is 2. The van der Waals surface area contributed by atoms with E-state index in [0.717, 1.165) is 23.4 Å². The largest absolute Gasteiger partial charge is 0.394 e. The van der Waals surface area contributed by atoms with E-state index >= 15 is 0 Å². The van der Waals surface area contributed by atoms with Crippen LogP contribution in [0.3, 0.4) is 0 Å². The maximum absolute atomic E-state index is 9.13. The summed E-state index contributed by atoms with van der Waals surface area (Å²) in [6, 6.07) is 6.04. The Bertz CT molecular complexity index is 381. The van der Waals surface area contributed by atoms with Gasteiger partial charge in [-0.3, -0.25) is 0 Å². The van der Waals surface area contributed by atoms with Crippen LogP contribution in [0, 0.1) is 6.92 Å². The molecule has 0 spiro atoms. The van der Waals surface area contributed by atoms with Gasteiger partial charge in [-0.2, -0.15) is 0 Å². The zero-order valence-electron chi connectivity index (χ0n) is 10.1. The molecule has 1 atom stereocenters. The van der Waals surface area contributed by atoms with E-state index in [1.807, 2.05) is 19.1 Å². The summed E-state index contributed by atoms with van der Waals surface area (Å²) in [5.41, 5.74) is 3.18. The smallest absolute Gasteiger partial charge is 0.0980 e. The van der Waals surface area contributed by atoms with Crippen LogP contribution in [0.15, 0.2) is 18.2 Å². The van der Waals surface area contributed by atoms with Crippen LogP contribution >= 0.6 is 0 Å². The highest BCUT2D eigenvalue weighted by Crippen LogP contribution is 2.21. The Morgan fingerprint density at radius 2 is 2.24 bits per heavy atom. The first-order chi connectivity index (χ1) is 8.24. The molecule has 1 fully saturated rings. The second-order valence-corrected chi connectivity index (χ2v) is 4.39. The first-order valence-corrected chi connectivity index (χ1v) is 5.92. The van der Waals surface area contributed by atoms with Crippen molar-refractivity contribution in [1.82, 2.24) is 0 Å². The molecule has 17 heavy (non-hydrogen) atoms. The normalized spacial score (nSPS) is 20.6. The Kier molecular flexibility index (Phi) is 3.99. The lowest BCUT2D eigenvalue weighted by atomic mass is 10.1. The summed E-state index contributed by atoms with van der Waals surface area (Å²) in [7, 11) is 0. The minimum Gasteiger partial charge on any atom is -0.394 e. The number of benzene rings is 1. The van der Waals surface area contributed by atoms with E-state index in [0.29, 0.717) is 13.2 Å². The third-order valence-electron chi connectivity index (χ3n) is 3.20. The second-order valence-electron chi connectivity index (χ2n) is 4.39. The van der Waals surface area contributed by atoms with Crippen molar-refractivity contribution in [1.29, 1.82) is 0 Å². The zero-order chi connectivity index (χ0) is 12.3. The van der Waals surface area contributed by atoms with Crippen LogP contribution < -0.4 is 4.90 Å². The van der Waals surface area contributed by atoms with E-state index in [2.05, 4.69) is 11.0 Å². The average Bonchev–Trinajstić information content (AvgIpc) is 2.38. The molecular formula is C13H19NO3. The third-order valence-corrected chi connectivity index (χ3v) is 3.20. The molecule has 1 aliphatic heterocycles. The SMILES string of the molecule is Cc1cc(N2CCOC(CO)C2)ccc1CO. The number of hydrogen-bond acceptors (Lipinski definition) is 4. The summed E-state index contributed by atoms with van der Waals surface area (Å²) in [5.74, 6) is 0. The summed E-state index contributed by atoms with van der Waals surface area (Å²) < 4.78 is 5.42. The van der Waals surface area contributed by atoms with Gasteiger partial charge in [0.1, 0.15) is 0 Å². The Morgan fingerprint density at radius 1 is 1.41 bits per heavy atom. The van der Waals surface area contributed by atoms with Crippen molar-refractivity contribution in [2.45, 2.75) is 19.6 Å². The van der Waals surface area contributed by atoms with Gasteiger partial charge in [0.25, 0.3) is 0 Å². The molecule has 94 valence electrons. The van der Waals surface area contributed by atoms with E-state index in [4.69, 9.17) is 14.9 Å². The molecule has 1 aromatic carbocycles. The minimum absolute atomic E-state index is 0.0597. The highest BCUT2D eigenvalue weighted by Gasteiger charge is 2.20. The first kappa shape index (κ1) is 12.4. The number of anilines is 1. The molecule has 0 amide bonds. The molecule has 2 rings (SSSR count). The van der Waals surface area contributed by atoms with Gasteiger partial charge < -0.3 is 19.8 Å². The van der Waals surface area contributed by atoms with Crippen LogP contribution in [-0.2, 0) is 11.3 Å². The molecule has 0 aliphatic carbocycles. The van der Waals surface area contributed by atoms with Gasteiger partial charge >= 0.3 is 0 Å². The molecule has 2 N–H and O–H groups in total. The monoisotopic (exact) mass is 237 g/mol. The van der Waals surface area contributed by atoms with Gasteiger partial charge in [-0.15, -0.1) is 0 Å². The van der Waals surface area contributed by atoms with Crippen molar-refractivity contribution in [2.75, 3.05) is 31.2 Å². The number of hydrogen-bond donors (Lipinski definition) is 2. The van der Waals surface area contributed by atoms with E-state index in [9.17, 15) is 0 Å². The number of morpholine rings is 1. The van der Waals surface area contributed by atoms with Crippen molar-refractivity contribution in [2.24, 2.45) is 0 Å². The quantitative estimate of drug-likeness (QED) is 0.812.